The highest BCUT2D eigenvalue weighted by Crippen LogP contribution is 2.45. The van der Waals surface area contributed by atoms with Gasteiger partial charge >= 0.3 is 23.9 Å². The van der Waals surface area contributed by atoms with Crippen LogP contribution >= 0.6 is 0 Å². The van der Waals surface area contributed by atoms with Gasteiger partial charge in [-0.3, -0.25) is 19.2 Å². The predicted octanol–water partition coefficient (Wildman–Crippen LogP) is 3.85. The minimum absolute atomic E-state index is 0.108. The second-order valence-corrected chi connectivity index (χ2v) is 12.9. The number of ether oxygens (including phenoxy) is 2. The van der Waals surface area contributed by atoms with E-state index in [1.165, 1.54) is 23.1 Å². The van der Waals surface area contributed by atoms with Crippen LogP contribution in [0.2, 0.25) is 0 Å². The van der Waals surface area contributed by atoms with Crippen molar-refractivity contribution in [2.75, 3.05) is 82.3 Å². The van der Waals surface area contributed by atoms with Crippen LogP contribution in [0, 0.1) is 5.82 Å². The summed E-state index contributed by atoms with van der Waals surface area (Å²) in [5, 5.41) is 39.3. The average molecular weight is 760 g/mol. The van der Waals surface area contributed by atoms with Crippen molar-refractivity contribution >= 4 is 51.9 Å². The van der Waals surface area contributed by atoms with Crippen LogP contribution in [-0.2, 0) is 19.2 Å². The van der Waals surface area contributed by atoms with E-state index in [1.807, 2.05) is 74.1 Å². The molecule has 0 unspecified atom stereocenters. The van der Waals surface area contributed by atoms with E-state index in [0.717, 1.165) is 33.0 Å². The Balaban J connectivity index is 1.59. The third kappa shape index (κ3) is 9.59. The Labute approximate surface area is 314 Å². The topological polar surface area (TPSA) is 194 Å². The molecule has 0 fully saturated rings. The zero-order valence-electron chi connectivity index (χ0n) is 30.5. The van der Waals surface area contributed by atoms with Gasteiger partial charge in [0.25, 0.3) is 0 Å². The molecular weight excluding hydrogens is 719 g/mol. The molecule has 15 nitrogen and oxygen atoms in total. The van der Waals surface area contributed by atoms with Gasteiger partial charge in [-0.05, 0) is 42.5 Å². The molecule has 4 N–H and O–H groups in total. The summed E-state index contributed by atoms with van der Waals surface area (Å²) >= 11 is 0. The number of rotatable bonds is 17. The fraction of sp³-hybridized carbons (Fsp3) is 0.256. The summed E-state index contributed by atoms with van der Waals surface area (Å²) in [5.74, 6) is -5.32. The quantitative estimate of drug-likeness (QED) is 0.0607. The van der Waals surface area contributed by atoms with Crippen LogP contribution in [0.25, 0.3) is 33.4 Å². The lowest BCUT2D eigenvalue weighted by Gasteiger charge is -2.24. The molecule has 288 valence electrons. The molecule has 1 heterocycles. The number of carboxylic acids is 4. The van der Waals surface area contributed by atoms with Crippen molar-refractivity contribution in [1.82, 2.24) is 4.58 Å². The number of carboxylic acid groups (broad SMARTS) is 4. The van der Waals surface area contributed by atoms with Gasteiger partial charge in [0, 0.05) is 77.5 Å². The van der Waals surface area contributed by atoms with Crippen molar-refractivity contribution in [2.24, 2.45) is 0 Å². The normalized spacial score (nSPS) is 10.9. The molecular formula is C39H40FN4O11+. The Hall–Kier alpha value is -6.84. The number of benzene rings is 4. The van der Waals surface area contributed by atoms with Crippen molar-refractivity contribution in [1.29, 1.82) is 0 Å². The lowest BCUT2D eigenvalue weighted by Crippen LogP contribution is -2.34. The highest BCUT2D eigenvalue weighted by atomic mass is 19.1. The molecule has 5 rings (SSSR count). The predicted molar refractivity (Wildman–Crippen MR) is 202 cm³/mol. The van der Waals surface area contributed by atoms with E-state index in [9.17, 15) is 44.0 Å². The van der Waals surface area contributed by atoms with Gasteiger partial charge in [0.15, 0.2) is 11.6 Å². The lowest BCUT2D eigenvalue weighted by molar-refractivity contribution is -0.138. The van der Waals surface area contributed by atoms with E-state index in [0.29, 0.717) is 22.5 Å². The molecule has 2 aliphatic rings. The highest BCUT2D eigenvalue weighted by Gasteiger charge is 2.24. The molecule has 0 spiro atoms. The third-order valence-corrected chi connectivity index (χ3v) is 8.50. The van der Waals surface area contributed by atoms with Crippen LogP contribution in [-0.4, -0.2) is 112 Å². The number of carbonyl (C=O) groups is 4. The largest absolute Gasteiger partial charge is 0.489 e. The smallest absolute Gasteiger partial charge is 0.323 e. The van der Waals surface area contributed by atoms with Gasteiger partial charge in [-0.2, -0.15) is 0 Å². The SMILES string of the molecule is CN(C)c1ccc2c(-c3ccc(N(CC(=O)O)CC(=O)O)cc3OCCOc3cc(N(CC(=O)O)CC(=O)O)ccc3F)c3ccc(=[N+](C)C)cc-3oc2c1. The second kappa shape index (κ2) is 16.9. The first kappa shape index (κ1) is 39.4. The maximum atomic E-state index is 14.9. The van der Waals surface area contributed by atoms with E-state index in [1.54, 1.807) is 12.1 Å². The van der Waals surface area contributed by atoms with E-state index in [4.69, 9.17) is 13.9 Å². The fourth-order valence-electron chi connectivity index (χ4n) is 5.98. The average Bonchev–Trinajstić information content (AvgIpc) is 3.11. The minimum Gasteiger partial charge on any atom is -0.489 e. The van der Waals surface area contributed by atoms with Crippen molar-refractivity contribution in [3.63, 3.8) is 0 Å². The van der Waals surface area contributed by atoms with Crippen LogP contribution in [0.3, 0.4) is 0 Å². The summed E-state index contributed by atoms with van der Waals surface area (Å²) in [6, 6.07) is 19.8. The van der Waals surface area contributed by atoms with Crippen LogP contribution in [0.15, 0.2) is 77.2 Å². The number of halogens is 1. The first-order valence-electron chi connectivity index (χ1n) is 16.9. The molecule has 3 aromatic rings. The molecule has 0 saturated carbocycles. The van der Waals surface area contributed by atoms with Crippen LogP contribution in [0.5, 0.6) is 11.5 Å². The number of anilines is 3. The van der Waals surface area contributed by atoms with Gasteiger partial charge in [-0.25, -0.2) is 8.97 Å². The molecule has 0 atom stereocenters. The molecule has 1 aliphatic heterocycles. The summed E-state index contributed by atoms with van der Waals surface area (Å²) < 4.78 is 35.2. The maximum absolute atomic E-state index is 14.9. The van der Waals surface area contributed by atoms with Gasteiger partial charge in [0.1, 0.15) is 70.6 Å². The molecule has 0 bridgehead atoms. The van der Waals surface area contributed by atoms with E-state index >= 15 is 0 Å². The lowest BCUT2D eigenvalue weighted by atomic mass is 9.92. The Kier molecular flexibility index (Phi) is 12.1. The summed E-state index contributed by atoms with van der Waals surface area (Å²) in [7, 11) is 7.63. The number of nitrogens with zero attached hydrogens (tertiary/aromatic N) is 4. The van der Waals surface area contributed by atoms with Gasteiger partial charge in [0.05, 0.1) is 6.07 Å². The molecule has 1 aliphatic carbocycles. The Morgan fingerprint density at radius 1 is 0.655 bits per heavy atom. The van der Waals surface area contributed by atoms with E-state index in [2.05, 4.69) is 0 Å². The molecule has 0 aromatic heterocycles. The maximum Gasteiger partial charge on any atom is 0.323 e. The number of aliphatic carboxylic acids is 4. The number of hydrogen-bond acceptors (Lipinski definition) is 10. The molecule has 3 aromatic carbocycles. The zero-order chi connectivity index (χ0) is 40.0. The van der Waals surface area contributed by atoms with Crippen LogP contribution in [0.1, 0.15) is 0 Å². The van der Waals surface area contributed by atoms with Gasteiger partial charge in [-0.1, -0.05) is 0 Å². The van der Waals surface area contributed by atoms with Gasteiger partial charge < -0.3 is 49.0 Å². The molecule has 0 amide bonds. The van der Waals surface area contributed by atoms with Crippen molar-refractivity contribution in [2.45, 2.75) is 0 Å². The summed E-state index contributed by atoms with van der Waals surface area (Å²) in [4.78, 5) is 50.3. The third-order valence-electron chi connectivity index (χ3n) is 8.50. The second-order valence-electron chi connectivity index (χ2n) is 12.9. The fourth-order valence-corrected chi connectivity index (χ4v) is 5.98. The standard InChI is InChI=1S/C39H39FN4O11/c1-41(2)23-5-9-28-32(15-23)55-33-16-24(42(3)4)6-10-29(33)39(28)27-11-7-25(43(19-35(45)46)20-36(47)48)17-31(27)53-13-14-54-34-18-26(8-12-30(34)40)44(21-37(49)50)22-38(51)52/h5-12,15-18H,13-14,19-22H2,1-4H3,(H3-,45,46,47,48,49,50,51,52)/p+1. The van der Waals surface area contributed by atoms with Crippen molar-refractivity contribution in [3.05, 3.63) is 84.0 Å². The molecule has 0 radical (unpaired) electrons. The number of hydrogen-bond donors (Lipinski definition) is 4. The van der Waals surface area contributed by atoms with Crippen LogP contribution in [0.4, 0.5) is 21.5 Å². The number of fused-ring (bicyclic) bond motifs is 2. The minimum atomic E-state index is -1.28. The Morgan fingerprint density at radius 2 is 1.16 bits per heavy atom. The Bertz CT molecular complexity index is 2270. The molecule has 0 saturated heterocycles. The van der Waals surface area contributed by atoms with Crippen LogP contribution < -0.4 is 34.1 Å². The first-order chi connectivity index (χ1) is 26.1. The van der Waals surface area contributed by atoms with Crippen molar-refractivity contribution < 1.29 is 57.9 Å². The summed E-state index contributed by atoms with van der Waals surface area (Å²) in [6.45, 7) is -2.94. The summed E-state index contributed by atoms with van der Waals surface area (Å²) in [5.41, 5.74) is 3.81. The Morgan fingerprint density at radius 3 is 1.71 bits per heavy atom. The highest BCUT2D eigenvalue weighted by molar-refractivity contribution is 6.04. The zero-order valence-corrected chi connectivity index (χ0v) is 30.5. The first-order valence-corrected chi connectivity index (χ1v) is 16.9. The molecule has 55 heavy (non-hydrogen) atoms. The van der Waals surface area contributed by atoms with E-state index < -0.39 is 55.9 Å². The van der Waals surface area contributed by atoms with Crippen molar-refractivity contribution in [3.8, 4) is 33.9 Å². The summed E-state index contributed by atoms with van der Waals surface area (Å²) in [6.07, 6.45) is 0. The monoisotopic (exact) mass is 759 g/mol. The van der Waals surface area contributed by atoms with E-state index in [-0.39, 0.29) is 36.1 Å². The van der Waals surface area contributed by atoms with Gasteiger partial charge in [-0.15, -0.1) is 0 Å². The van der Waals surface area contributed by atoms with Gasteiger partial charge in [0.2, 0.25) is 5.36 Å². The molecule has 16 heteroatoms.